The summed E-state index contributed by atoms with van der Waals surface area (Å²) in [5.74, 6) is 3.58. The minimum absolute atomic E-state index is 0.00695. The van der Waals surface area contributed by atoms with Crippen molar-refractivity contribution in [2.24, 2.45) is 0 Å². The first-order valence-electron chi connectivity index (χ1n) is 9.01. The van der Waals surface area contributed by atoms with E-state index in [0.29, 0.717) is 13.0 Å². The van der Waals surface area contributed by atoms with Crippen LogP contribution in [0.4, 0.5) is 4.79 Å². The maximum absolute atomic E-state index is 12.6. The van der Waals surface area contributed by atoms with E-state index in [1.807, 2.05) is 24.3 Å². The topological polar surface area (TPSA) is 66.8 Å². The number of carbonyl (C=O) groups is 2. The van der Waals surface area contributed by atoms with Crippen LogP contribution in [0.3, 0.4) is 0 Å². The lowest BCUT2D eigenvalue weighted by Crippen LogP contribution is -2.36. The quantitative estimate of drug-likeness (QED) is 0.832. The molecule has 0 bridgehead atoms. The monoisotopic (exact) mass is 361 g/mol. The van der Waals surface area contributed by atoms with Crippen molar-refractivity contribution in [3.05, 3.63) is 59.7 Å². The van der Waals surface area contributed by atoms with E-state index in [1.165, 1.54) is 16.0 Å². The first-order valence-corrected chi connectivity index (χ1v) is 9.01. The molecular formula is C22H19NO4. The maximum atomic E-state index is 12.6. The van der Waals surface area contributed by atoms with Gasteiger partial charge in [-0.2, -0.15) is 0 Å². The number of ether oxygens (including phenoxy) is 1. The number of carboxylic acid groups (broad SMARTS) is 1. The third kappa shape index (κ3) is 3.26. The van der Waals surface area contributed by atoms with Crippen molar-refractivity contribution < 1.29 is 19.4 Å². The summed E-state index contributed by atoms with van der Waals surface area (Å²) >= 11 is 0. The molecule has 0 aromatic heterocycles. The fourth-order valence-corrected chi connectivity index (χ4v) is 3.96. The van der Waals surface area contributed by atoms with E-state index >= 15 is 0 Å². The van der Waals surface area contributed by atoms with Crippen LogP contribution in [-0.2, 0) is 9.53 Å². The van der Waals surface area contributed by atoms with Gasteiger partial charge in [0, 0.05) is 18.4 Å². The number of benzene rings is 2. The van der Waals surface area contributed by atoms with Crippen LogP contribution in [0.25, 0.3) is 11.1 Å². The molecule has 1 saturated heterocycles. The van der Waals surface area contributed by atoms with E-state index in [0.717, 1.165) is 17.5 Å². The molecule has 1 fully saturated rings. The summed E-state index contributed by atoms with van der Waals surface area (Å²) in [5, 5.41) is 8.72. The van der Waals surface area contributed by atoms with Gasteiger partial charge in [0.2, 0.25) is 0 Å². The van der Waals surface area contributed by atoms with Gasteiger partial charge in [0.15, 0.2) is 0 Å². The Labute approximate surface area is 157 Å². The number of nitrogens with zero attached hydrogens (tertiary/aromatic N) is 1. The number of amides is 1. The van der Waals surface area contributed by atoms with Gasteiger partial charge in [0.25, 0.3) is 0 Å². The highest BCUT2D eigenvalue weighted by Crippen LogP contribution is 2.44. The molecule has 1 atom stereocenters. The van der Waals surface area contributed by atoms with Gasteiger partial charge < -0.3 is 9.84 Å². The van der Waals surface area contributed by atoms with E-state index in [1.54, 1.807) is 0 Å². The Bertz CT molecular complexity index is 911. The highest BCUT2D eigenvalue weighted by atomic mass is 16.6. The van der Waals surface area contributed by atoms with Crippen molar-refractivity contribution in [3.63, 3.8) is 0 Å². The number of hydrogen-bond acceptors (Lipinski definition) is 3. The normalized spacial score (nSPS) is 17.6. The molecule has 0 spiro atoms. The van der Waals surface area contributed by atoms with Gasteiger partial charge in [-0.1, -0.05) is 54.5 Å². The van der Waals surface area contributed by atoms with Crippen molar-refractivity contribution in [2.75, 3.05) is 13.2 Å². The zero-order chi connectivity index (χ0) is 18.8. The predicted octanol–water partition coefficient (Wildman–Crippen LogP) is 3.49. The molecule has 0 radical (unpaired) electrons. The van der Waals surface area contributed by atoms with E-state index in [4.69, 9.17) is 9.84 Å². The van der Waals surface area contributed by atoms with Crippen molar-refractivity contribution in [3.8, 4) is 23.0 Å². The summed E-state index contributed by atoms with van der Waals surface area (Å²) in [4.78, 5) is 24.8. The molecule has 1 aliphatic heterocycles. The number of likely N-dealkylation sites (tertiary alicyclic amines) is 1. The highest BCUT2D eigenvalue weighted by Gasteiger charge is 2.32. The number of aliphatic carboxylic acids is 1. The fraction of sp³-hybridized carbons (Fsp3) is 0.273. The zero-order valence-electron chi connectivity index (χ0n) is 14.7. The Hall–Kier alpha value is -3.26. The number of hydrogen-bond donors (Lipinski definition) is 1. The molecule has 2 aromatic rings. The van der Waals surface area contributed by atoms with Gasteiger partial charge in [-0.3, -0.25) is 4.90 Å². The molecule has 27 heavy (non-hydrogen) atoms. The van der Waals surface area contributed by atoms with E-state index in [9.17, 15) is 9.59 Å². The molecule has 1 aliphatic carbocycles. The van der Waals surface area contributed by atoms with Crippen LogP contribution in [0.5, 0.6) is 0 Å². The summed E-state index contributed by atoms with van der Waals surface area (Å²) < 4.78 is 5.63. The molecule has 2 aromatic carbocycles. The molecule has 5 heteroatoms. The van der Waals surface area contributed by atoms with Crippen LogP contribution in [0.15, 0.2) is 48.5 Å². The molecule has 1 heterocycles. The van der Waals surface area contributed by atoms with Gasteiger partial charge in [0.1, 0.15) is 6.61 Å². The van der Waals surface area contributed by atoms with Crippen molar-refractivity contribution in [2.45, 2.75) is 24.8 Å². The molecule has 2 aliphatic rings. The largest absolute Gasteiger partial charge is 0.472 e. The lowest BCUT2D eigenvalue weighted by Gasteiger charge is -2.22. The Morgan fingerprint density at radius 2 is 1.70 bits per heavy atom. The summed E-state index contributed by atoms with van der Waals surface area (Å²) in [6.07, 6.45) is 1.03. The van der Waals surface area contributed by atoms with Gasteiger partial charge in [-0.05, 0) is 35.1 Å². The standard InChI is InChI=1S/C22H19NO4/c24-21(25)12-11-15-6-5-13-23(15)22(26)27-14-20-18-9-3-1-7-16(18)17-8-2-4-10-19(17)20/h1-4,7-10,15,20H,5-6,13-14H2,(H,24,25). The Morgan fingerprint density at radius 1 is 1.07 bits per heavy atom. The predicted molar refractivity (Wildman–Crippen MR) is 100 cm³/mol. The van der Waals surface area contributed by atoms with E-state index < -0.39 is 18.1 Å². The van der Waals surface area contributed by atoms with Crippen LogP contribution in [0.1, 0.15) is 29.9 Å². The van der Waals surface area contributed by atoms with E-state index in [2.05, 4.69) is 36.1 Å². The highest BCUT2D eigenvalue weighted by molar-refractivity contribution is 5.86. The summed E-state index contributed by atoms with van der Waals surface area (Å²) in [6.45, 7) is 0.790. The lowest BCUT2D eigenvalue weighted by atomic mass is 9.98. The van der Waals surface area contributed by atoms with Gasteiger partial charge in [0.05, 0.1) is 6.04 Å². The molecule has 1 amide bonds. The second-order valence-electron chi connectivity index (χ2n) is 6.73. The molecule has 1 N–H and O–H groups in total. The fourth-order valence-electron chi connectivity index (χ4n) is 3.96. The first kappa shape index (κ1) is 17.2. The van der Waals surface area contributed by atoms with Gasteiger partial charge in [-0.25, -0.2) is 9.59 Å². The lowest BCUT2D eigenvalue weighted by molar-refractivity contribution is -0.130. The van der Waals surface area contributed by atoms with Gasteiger partial charge in [-0.15, -0.1) is 0 Å². The van der Waals surface area contributed by atoms with Crippen LogP contribution < -0.4 is 0 Å². The zero-order valence-corrected chi connectivity index (χ0v) is 14.7. The van der Waals surface area contributed by atoms with Crippen molar-refractivity contribution >= 4 is 12.1 Å². The second-order valence-corrected chi connectivity index (χ2v) is 6.73. The summed E-state index contributed by atoms with van der Waals surface area (Å²) in [5.41, 5.74) is 4.69. The van der Waals surface area contributed by atoms with Gasteiger partial charge >= 0.3 is 12.1 Å². The Morgan fingerprint density at radius 3 is 2.33 bits per heavy atom. The number of fused-ring (bicyclic) bond motifs is 3. The Kier molecular flexibility index (Phi) is 4.55. The third-order valence-corrected chi connectivity index (χ3v) is 5.17. The van der Waals surface area contributed by atoms with Crippen LogP contribution >= 0.6 is 0 Å². The Balaban J connectivity index is 1.50. The number of rotatable bonds is 2. The molecule has 1 unspecified atom stereocenters. The van der Waals surface area contributed by atoms with Crippen LogP contribution in [0, 0.1) is 11.8 Å². The summed E-state index contributed by atoms with van der Waals surface area (Å²) in [7, 11) is 0. The average molecular weight is 361 g/mol. The summed E-state index contributed by atoms with van der Waals surface area (Å²) in [6, 6.07) is 16.0. The number of carbonyl (C=O) groups excluding carboxylic acids is 1. The van der Waals surface area contributed by atoms with Crippen LogP contribution in [-0.4, -0.2) is 41.3 Å². The number of carboxylic acids is 1. The van der Waals surface area contributed by atoms with Crippen molar-refractivity contribution in [1.29, 1.82) is 0 Å². The SMILES string of the molecule is O=C(O)C#CC1CCCN1C(=O)OCC1c2ccccc2-c2ccccc21. The smallest absolute Gasteiger partial charge is 0.410 e. The first-order chi connectivity index (χ1) is 13.1. The minimum atomic E-state index is -1.19. The van der Waals surface area contributed by atoms with E-state index in [-0.39, 0.29) is 12.5 Å². The average Bonchev–Trinajstić information content (AvgIpc) is 3.27. The molecule has 136 valence electrons. The minimum Gasteiger partial charge on any atom is -0.472 e. The maximum Gasteiger partial charge on any atom is 0.410 e. The second kappa shape index (κ2) is 7.16. The molecule has 4 rings (SSSR count). The molecule has 5 nitrogen and oxygen atoms in total. The molecule has 0 saturated carbocycles. The van der Waals surface area contributed by atoms with Crippen LogP contribution in [0.2, 0.25) is 0 Å². The molecular weight excluding hydrogens is 342 g/mol. The van der Waals surface area contributed by atoms with Crippen molar-refractivity contribution in [1.82, 2.24) is 4.90 Å². The third-order valence-electron chi connectivity index (χ3n) is 5.17.